The van der Waals surface area contributed by atoms with Gasteiger partial charge in [-0.25, -0.2) is 19.4 Å². The molecule has 0 saturated heterocycles. The fourth-order valence-corrected chi connectivity index (χ4v) is 2.12. The SMILES string of the molecule is COc1ccccc1CNC(=O)Nc1ccc(-n2cncn2)nc1. The summed E-state index contributed by atoms with van der Waals surface area (Å²) in [5.41, 5.74) is 1.48. The molecule has 3 aromatic rings. The molecule has 0 unspecified atom stereocenters. The van der Waals surface area contributed by atoms with Crippen LogP contribution in [0.15, 0.2) is 55.2 Å². The standard InChI is InChI=1S/C16H16N6O2/c1-24-14-5-3-2-4-12(14)8-19-16(23)21-13-6-7-15(18-9-13)22-11-17-10-20-22/h2-7,9-11H,8H2,1H3,(H2,19,21,23). The first kappa shape index (κ1) is 15.5. The van der Waals surface area contributed by atoms with Crippen molar-refractivity contribution in [1.82, 2.24) is 25.1 Å². The highest BCUT2D eigenvalue weighted by molar-refractivity contribution is 5.89. The molecule has 24 heavy (non-hydrogen) atoms. The van der Waals surface area contributed by atoms with E-state index >= 15 is 0 Å². The van der Waals surface area contributed by atoms with Gasteiger partial charge in [0, 0.05) is 12.1 Å². The van der Waals surface area contributed by atoms with Gasteiger partial charge in [0.2, 0.25) is 0 Å². The molecule has 0 aliphatic heterocycles. The Balaban J connectivity index is 1.57. The van der Waals surface area contributed by atoms with Gasteiger partial charge in [0.15, 0.2) is 5.82 Å². The molecule has 2 amide bonds. The van der Waals surface area contributed by atoms with E-state index in [1.54, 1.807) is 31.8 Å². The fraction of sp³-hybridized carbons (Fsp3) is 0.125. The minimum absolute atomic E-state index is 0.323. The van der Waals surface area contributed by atoms with E-state index in [-0.39, 0.29) is 6.03 Å². The zero-order chi connectivity index (χ0) is 16.8. The lowest BCUT2D eigenvalue weighted by Gasteiger charge is -2.10. The highest BCUT2D eigenvalue weighted by Gasteiger charge is 2.06. The van der Waals surface area contributed by atoms with Crippen molar-refractivity contribution in [1.29, 1.82) is 0 Å². The molecule has 0 fully saturated rings. The van der Waals surface area contributed by atoms with E-state index in [4.69, 9.17) is 4.74 Å². The van der Waals surface area contributed by atoms with Crippen molar-refractivity contribution in [3.63, 3.8) is 0 Å². The molecule has 2 heterocycles. The predicted molar refractivity (Wildman–Crippen MR) is 88.0 cm³/mol. The van der Waals surface area contributed by atoms with E-state index in [2.05, 4.69) is 25.7 Å². The molecule has 0 spiro atoms. The number of carbonyl (C=O) groups excluding carboxylic acids is 1. The summed E-state index contributed by atoms with van der Waals surface area (Å²) in [6, 6.07) is 10.7. The number of nitrogens with zero attached hydrogens (tertiary/aromatic N) is 4. The molecule has 1 aromatic carbocycles. The third-order valence-electron chi connectivity index (χ3n) is 3.29. The highest BCUT2D eigenvalue weighted by atomic mass is 16.5. The number of para-hydroxylation sites is 1. The third kappa shape index (κ3) is 3.67. The monoisotopic (exact) mass is 324 g/mol. The van der Waals surface area contributed by atoms with Gasteiger partial charge in [0.05, 0.1) is 19.0 Å². The largest absolute Gasteiger partial charge is 0.496 e. The van der Waals surface area contributed by atoms with Crippen LogP contribution in [0.1, 0.15) is 5.56 Å². The maximum atomic E-state index is 12.0. The normalized spacial score (nSPS) is 10.2. The number of carbonyl (C=O) groups is 1. The molecular weight excluding hydrogens is 308 g/mol. The van der Waals surface area contributed by atoms with E-state index in [9.17, 15) is 4.79 Å². The van der Waals surface area contributed by atoms with Crippen molar-refractivity contribution in [2.24, 2.45) is 0 Å². The van der Waals surface area contributed by atoms with E-state index in [1.807, 2.05) is 24.3 Å². The van der Waals surface area contributed by atoms with Gasteiger partial charge in [-0.3, -0.25) is 0 Å². The minimum atomic E-state index is -0.323. The van der Waals surface area contributed by atoms with Crippen molar-refractivity contribution in [3.8, 4) is 11.6 Å². The van der Waals surface area contributed by atoms with Crippen molar-refractivity contribution >= 4 is 11.7 Å². The Morgan fingerprint density at radius 2 is 2.12 bits per heavy atom. The number of nitrogens with one attached hydrogen (secondary N) is 2. The second kappa shape index (κ2) is 7.23. The number of amides is 2. The second-order valence-corrected chi connectivity index (χ2v) is 4.86. The lowest BCUT2D eigenvalue weighted by atomic mass is 10.2. The molecule has 0 aliphatic carbocycles. The summed E-state index contributed by atoms with van der Waals surface area (Å²) in [7, 11) is 1.60. The summed E-state index contributed by atoms with van der Waals surface area (Å²) in [4.78, 5) is 20.1. The van der Waals surface area contributed by atoms with Crippen molar-refractivity contribution in [3.05, 3.63) is 60.8 Å². The molecule has 8 heteroatoms. The summed E-state index contributed by atoms with van der Waals surface area (Å²) in [5.74, 6) is 1.35. The molecule has 0 aliphatic rings. The summed E-state index contributed by atoms with van der Waals surface area (Å²) in [6.07, 6.45) is 4.54. The number of hydrogen-bond donors (Lipinski definition) is 2. The maximum absolute atomic E-state index is 12.0. The maximum Gasteiger partial charge on any atom is 0.319 e. The minimum Gasteiger partial charge on any atom is -0.496 e. The van der Waals surface area contributed by atoms with Crippen LogP contribution in [-0.2, 0) is 6.54 Å². The smallest absolute Gasteiger partial charge is 0.319 e. The summed E-state index contributed by atoms with van der Waals surface area (Å²) < 4.78 is 6.78. The molecule has 0 bridgehead atoms. The van der Waals surface area contributed by atoms with Crippen LogP contribution in [0.25, 0.3) is 5.82 Å². The number of benzene rings is 1. The molecule has 2 N–H and O–H groups in total. The summed E-state index contributed by atoms with van der Waals surface area (Å²) in [5, 5.41) is 9.49. The van der Waals surface area contributed by atoms with Crippen molar-refractivity contribution < 1.29 is 9.53 Å². The average molecular weight is 324 g/mol. The predicted octanol–water partition coefficient (Wildman–Crippen LogP) is 1.99. The van der Waals surface area contributed by atoms with Crippen LogP contribution in [0.2, 0.25) is 0 Å². The Kier molecular flexibility index (Phi) is 4.66. The Morgan fingerprint density at radius 3 is 2.83 bits per heavy atom. The van der Waals surface area contributed by atoms with Gasteiger partial charge in [-0.15, -0.1) is 0 Å². The quantitative estimate of drug-likeness (QED) is 0.748. The highest BCUT2D eigenvalue weighted by Crippen LogP contribution is 2.16. The van der Waals surface area contributed by atoms with Gasteiger partial charge in [0.1, 0.15) is 18.4 Å². The number of hydrogen-bond acceptors (Lipinski definition) is 5. The van der Waals surface area contributed by atoms with Gasteiger partial charge in [0.25, 0.3) is 0 Å². The lowest BCUT2D eigenvalue weighted by molar-refractivity contribution is 0.251. The Hall–Kier alpha value is -3.42. The topological polar surface area (TPSA) is 94.0 Å². The first-order valence-electron chi connectivity index (χ1n) is 7.24. The molecule has 0 saturated carbocycles. The van der Waals surface area contributed by atoms with Crippen LogP contribution in [-0.4, -0.2) is 32.9 Å². The molecule has 122 valence electrons. The number of pyridine rings is 1. The Bertz CT molecular complexity index is 802. The zero-order valence-electron chi connectivity index (χ0n) is 13.0. The van der Waals surface area contributed by atoms with E-state index in [0.29, 0.717) is 18.1 Å². The number of urea groups is 1. The molecule has 0 atom stereocenters. The molecule has 2 aromatic heterocycles. The molecule has 0 radical (unpaired) electrons. The fourth-order valence-electron chi connectivity index (χ4n) is 2.12. The van der Waals surface area contributed by atoms with E-state index < -0.39 is 0 Å². The Morgan fingerprint density at radius 1 is 1.25 bits per heavy atom. The molecular formula is C16H16N6O2. The summed E-state index contributed by atoms with van der Waals surface area (Å²) in [6.45, 7) is 0.361. The number of anilines is 1. The van der Waals surface area contributed by atoms with Crippen LogP contribution < -0.4 is 15.4 Å². The summed E-state index contributed by atoms with van der Waals surface area (Å²) >= 11 is 0. The van der Waals surface area contributed by atoms with Gasteiger partial charge in [-0.1, -0.05) is 18.2 Å². The van der Waals surface area contributed by atoms with Gasteiger partial charge >= 0.3 is 6.03 Å². The average Bonchev–Trinajstić information content (AvgIpc) is 3.15. The number of aromatic nitrogens is 4. The zero-order valence-corrected chi connectivity index (χ0v) is 13.0. The Labute approximate surface area is 138 Å². The molecule has 3 rings (SSSR count). The van der Waals surface area contributed by atoms with Crippen LogP contribution in [0.5, 0.6) is 5.75 Å². The lowest BCUT2D eigenvalue weighted by Crippen LogP contribution is -2.28. The first-order valence-corrected chi connectivity index (χ1v) is 7.24. The van der Waals surface area contributed by atoms with Crippen LogP contribution >= 0.6 is 0 Å². The van der Waals surface area contributed by atoms with Gasteiger partial charge < -0.3 is 15.4 Å². The van der Waals surface area contributed by atoms with E-state index in [0.717, 1.165) is 11.3 Å². The number of methoxy groups -OCH3 is 1. The number of rotatable bonds is 5. The van der Waals surface area contributed by atoms with E-state index in [1.165, 1.54) is 11.0 Å². The first-order chi connectivity index (χ1) is 11.8. The van der Waals surface area contributed by atoms with Crippen molar-refractivity contribution in [2.45, 2.75) is 6.54 Å². The molecule has 8 nitrogen and oxygen atoms in total. The number of ether oxygens (including phenoxy) is 1. The van der Waals surface area contributed by atoms with Crippen LogP contribution in [0, 0.1) is 0 Å². The second-order valence-electron chi connectivity index (χ2n) is 4.86. The van der Waals surface area contributed by atoms with Crippen LogP contribution in [0.3, 0.4) is 0 Å². The van der Waals surface area contributed by atoms with Gasteiger partial charge in [-0.2, -0.15) is 5.10 Å². The van der Waals surface area contributed by atoms with Crippen LogP contribution in [0.4, 0.5) is 10.5 Å². The van der Waals surface area contributed by atoms with Crippen molar-refractivity contribution in [2.75, 3.05) is 12.4 Å². The van der Waals surface area contributed by atoms with Gasteiger partial charge in [-0.05, 0) is 18.2 Å². The third-order valence-corrected chi connectivity index (χ3v) is 3.29.